The third-order valence-electron chi connectivity index (χ3n) is 4.09. The second kappa shape index (κ2) is 6.33. The summed E-state index contributed by atoms with van der Waals surface area (Å²) in [5, 5.41) is 16.8. The van der Waals surface area contributed by atoms with Crippen molar-refractivity contribution in [2.45, 2.75) is 13.0 Å². The smallest absolute Gasteiger partial charge is 0.255 e. The van der Waals surface area contributed by atoms with Gasteiger partial charge in [0.1, 0.15) is 0 Å². The van der Waals surface area contributed by atoms with Gasteiger partial charge in [0.25, 0.3) is 5.91 Å². The Bertz CT molecular complexity index is 687. The number of aliphatic hydroxyl groups excluding tert-OH is 1. The van der Waals surface area contributed by atoms with Crippen LogP contribution in [0.5, 0.6) is 0 Å². The summed E-state index contributed by atoms with van der Waals surface area (Å²) < 4.78 is 1.62. The molecule has 1 saturated heterocycles. The average Bonchev–Trinajstić information content (AvgIpc) is 3.11. The van der Waals surface area contributed by atoms with Crippen LogP contribution in [0.4, 0.5) is 5.95 Å². The molecule has 0 aromatic carbocycles. The lowest BCUT2D eigenvalue weighted by atomic mass is 10.0. The lowest BCUT2D eigenvalue weighted by Gasteiger charge is -2.17. The molecule has 0 bridgehead atoms. The van der Waals surface area contributed by atoms with Gasteiger partial charge in [-0.3, -0.25) is 9.48 Å². The first kappa shape index (κ1) is 15.4. The van der Waals surface area contributed by atoms with Crippen molar-refractivity contribution in [2.24, 2.45) is 13.0 Å². The van der Waals surface area contributed by atoms with E-state index in [4.69, 9.17) is 0 Å². The monoisotopic (exact) mass is 316 g/mol. The van der Waals surface area contributed by atoms with E-state index in [9.17, 15) is 9.90 Å². The Kier molecular flexibility index (Phi) is 4.24. The predicted octanol–water partition coefficient (Wildman–Crippen LogP) is -0.254. The van der Waals surface area contributed by atoms with Crippen molar-refractivity contribution in [1.82, 2.24) is 25.1 Å². The molecule has 1 aliphatic rings. The number of carbonyl (C=O) groups excluding carboxylic acids is 1. The fraction of sp³-hybridized carbons (Fsp3) is 0.467. The molecule has 0 spiro atoms. The van der Waals surface area contributed by atoms with E-state index in [-0.39, 0.29) is 24.5 Å². The normalized spacial score (nSPS) is 20.7. The molecule has 0 unspecified atom stereocenters. The van der Waals surface area contributed by atoms with Gasteiger partial charge in [-0.15, -0.1) is 0 Å². The topological polar surface area (TPSA) is 96.2 Å². The van der Waals surface area contributed by atoms with Gasteiger partial charge >= 0.3 is 0 Å². The van der Waals surface area contributed by atoms with E-state index in [1.165, 1.54) is 0 Å². The van der Waals surface area contributed by atoms with Crippen LogP contribution in [-0.2, 0) is 7.05 Å². The summed E-state index contributed by atoms with van der Waals surface area (Å²) in [5.74, 6) is 0.384. The predicted molar refractivity (Wildman–Crippen MR) is 84.0 cm³/mol. The van der Waals surface area contributed by atoms with Gasteiger partial charge in [-0.25, -0.2) is 9.97 Å². The van der Waals surface area contributed by atoms with E-state index in [0.717, 1.165) is 0 Å². The zero-order valence-corrected chi connectivity index (χ0v) is 13.2. The number of hydrogen-bond acceptors (Lipinski definition) is 6. The molecule has 8 heteroatoms. The van der Waals surface area contributed by atoms with Crippen LogP contribution >= 0.6 is 0 Å². The van der Waals surface area contributed by atoms with E-state index >= 15 is 0 Å². The van der Waals surface area contributed by atoms with Gasteiger partial charge in [-0.2, -0.15) is 5.10 Å². The number of carbonyl (C=O) groups is 1. The van der Waals surface area contributed by atoms with Crippen molar-refractivity contribution in [3.05, 3.63) is 35.9 Å². The maximum atomic E-state index is 12.4. The van der Waals surface area contributed by atoms with E-state index < -0.39 is 0 Å². The number of rotatable bonds is 4. The molecule has 0 aliphatic carbocycles. The number of nitrogens with zero attached hydrogens (tertiary/aromatic N) is 5. The molecular formula is C15H20N6O2. The first-order valence-corrected chi connectivity index (χ1v) is 7.52. The quantitative estimate of drug-likeness (QED) is 0.807. The lowest BCUT2D eigenvalue weighted by Crippen LogP contribution is -2.41. The summed E-state index contributed by atoms with van der Waals surface area (Å²) in [5.41, 5.74) is 1.24. The highest BCUT2D eigenvalue weighted by molar-refractivity contribution is 5.95. The zero-order valence-electron chi connectivity index (χ0n) is 13.2. The van der Waals surface area contributed by atoms with Gasteiger partial charge in [-0.1, -0.05) is 0 Å². The maximum absolute atomic E-state index is 12.4. The van der Waals surface area contributed by atoms with Crippen molar-refractivity contribution in [3.63, 3.8) is 0 Å². The standard InChI is InChI=1S/C15H20N6O2/c1-10-12(7-20(2)19-10)14(23)18-13-8-21(6-11(13)9-22)15-16-4-3-5-17-15/h3-5,7,11,13,22H,6,8-9H2,1-2H3,(H,18,23)/t11-,13+/m0/s1. The molecule has 23 heavy (non-hydrogen) atoms. The lowest BCUT2D eigenvalue weighted by molar-refractivity contribution is 0.0921. The molecule has 1 fully saturated rings. The molecule has 1 amide bonds. The van der Waals surface area contributed by atoms with E-state index in [2.05, 4.69) is 20.4 Å². The molecule has 3 heterocycles. The number of amides is 1. The Hall–Kier alpha value is -2.48. The largest absolute Gasteiger partial charge is 0.396 e. The van der Waals surface area contributed by atoms with Crippen molar-refractivity contribution in [3.8, 4) is 0 Å². The van der Waals surface area contributed by atoms with Gasteiger partial charge < -0.3 is 15.3 Å². The van der Waals surface area contributed by atoms with Gasteiger partial charge in [0.15, 0.2) is 0 Å². The fourth-order valence-electron chi connectivity index (χ4n) is 2.91. The van der Waals surface area contributed by atoms with Crippen molar-refractivity contribution < 1.29 is 9.90 Å². The Morgan fingerprint density at radius 1 is 1.39 bits per heavy atom. The third kappa shape index (κ3) is 3.16. The second-order valence-corrected chi connectivity index (χ2v) is 5.78. The Morgan fingerprint density at radius 3 is 2.74 bits per heavy atom. The first-order chi connectivity index (χ1) is 11.1. The minimum absolute atomic E-state index is 0.000300. The molecule has 2 N–H and O–H groups in total. The number of hydrogen-bond donors (Lipinski definition) is 2. The number of anilines is 1. The van der Waals surface area contributed by atoms with E-state index in [1.807, 2.05) is 4.90 Å². The summed E-state index contributed by atoms with van der Waals surface area (Å²) in [6.45, 7) is 2.98. The molecule has 3 rings (SSSR count). The number of nitrogens with one attached hydrogen (secondary N) is 1. The number of aromatic nitrogens is 4. The molecule has 1 aliphatic heterocycles. The summed E-state index contributed by atoms with van der Waals surface area (Å²) >= 11 is 0. The Labute approximate surface area is 134 Å². The van der Waals surface area contributed by atoms with Crippen LogP contribution in [0.2, 0.25) is 0 Å². The zero-order chi connectivity index (χ0) is 16.4. The SMILES string of the molecule is Cc1nn(C)cc1C(=O)N[C@@H]1CN(c2ncccn2)C[C@H]1CO. The molecule has 2 aromatic heterocycles. The van der Waals surface area contributed by atoms with Crippen LogP contribution in [0.1, 0.15) is 16.1 Å². The third-order valence-corrected chi connectivity index (χ3v) is 4.09. The molecule has 0 radical (unpaired) electrons. The molecule has 2 aromatic rings. The van der Waals surface area contributed by atoms with Gasteiger partial charge in [0, 0.05) is 51.3 Å². The highest BCUT2D eigenvalue weighted by Crippen LogP contribution is 2.21. The molecule has 2 atom stereocenters. The van der Waals surface area contributed by atoms with Crippen molar-refractivity contribution in [1.29, 1.82) is 0 Å². The Morgan fingerprint density at radius 2 is 2.13 bits per heavy atom. The average molecular weight is 316 g/mol. The van der Waals surface area contributed by atoms with Crippen LogP contribution in [0.25, 0.3) is 0 Å². The molecule has 0 saturated carbocycles. The van der Waals surface area contributed by atoms with Crippen LogP contribution in [-0.4, -0.2) is 56.5 Å². The van der Waals surface area contributed by atoms with Crippen LogP contribution < -0.4 is 10.2 Å². The van der Waals surface area contributed by atoms with Gasteiger partial charge in [0.05, 0.1) is 17.3 Å². The van der Waals surface area contributed by atoms with Gasteiger partial charge in [-0.05, 0) is 13.0 Å². The maximum Gasteiger partial charge on any atom is 0.255 e. The number of aryl methyl sites for hydroxylation is 2. The highest BCUT2D eigenvalue weighted by atomic mass is 16.3. The fourth-order valence-corrected chi connectivity index (χ4v) is 2.91. The Balaban J connectivity index is 1.72. The van der Waals surface area contributed by atoms with Gasteiger partial charge in [0.2, 0.25) is 5.95 Å². The van der Waals surface area contributed by atoms with Crippen molar-refractivity contribution in [2.75, 3.05) is 24.6 Å². The van der Waals surface area contributed by atoms with Crippen LogP contribution in [0.15, 0.2) is 24.7 Å². The van der Waals surface area contributed by atoms with E-state index in [1.54, 1.807) is 43.3 Å². The minimum Gasteiger partial charge on any atom is -0.396 e. The number of aliphatic hydroxyl groups is 1. The molecular weight excluding hydrogens is 296 g/mol. The molecule has 8 nitrogen and oxygen atoms in total. The first-order valence-electron chi connectivity index (χ1n) is 7.52. The molecule has 122 valence electrons. The van der Waals surface area contributed by atoms with E-state index in [0.29, 0.717) is 30.3 Å². The van der Waals surface area contributed by atoms with Crippen LogP contribution in [0, 0.1) is 12.8 Å². The summed E-state index contributed by atoms with van der Waals surface area (Å²) in [7, 11) is 1.78. The second-order valence-electron chi connectivity index (χ2n) is 5.78. The minimum atomic E-state index is -0.171. The summed E-state index contributed by atoms with van der Waals surface area (Å²) in [6, 6.07) is 1.60. The summed E-state index contributed by atoms with van der Waals surface area (Å²) in [4.78, 5) is 22.9. The summed E-state index contributed by atoms with van der Waals surface area (Å²) in [6.07, 6.45) is 5.06. The van der Waals surface area contributed by atoms with Crippen LogP contribution in [0.3, 0.4) is 0 Å². The highest BCUT2D eigenvalue weighted by Gasteiger charge is 2.35. The van der Waals surface area contributed by atoms with Crippen molar-refractivity contribution >= 4 is 11.9 Å².